The topological polar surface area (TPSA) is 26.3 Å². The Morgan fingerprint density at radius 1 is 1.43 bits per heavy atom. The Hall–Kier alpha value is -1.31. The molecule has 0 spiro atoms. The third-order valence-corrected chi connectivity index (χ3v) is 2.19. The average molecular weight is 192 g/mol. The summed E-state index contributed by atoms with van der Waals surface area (Å²) in [7, 11) is 0. The molecule has 1 rings (SSSR count). The van der Waals surface area contributed by atoms with Gasteiger partial charge >= 0.3 is 0 Å². The van der Waals surface area contributed by atoms with Gasteiger partial charge in [-0.3, -0.25) is 4.79 Å². The lowest BCUT2D eigenvalue weighted by Gasteiger charge is -2.10. The Bertz CT molecular complexity index is 316. The Morgan fingerprint density at radius 2 is 2.14 bits per heavy atom. The lowest BCUT2D eigenvalue weighted by atomic mass is 10.0. The zero-order valence-corrected chi connectivity index (χ0v) is 8.91. The molecule has 0 saturated carbocycles. The van der Waals surface area contributed by atoms with E-state index in [-0.39, 0.29) is 6.61 Å². The molecule has 0 saturated heterocycles. The van der Waals surface area contributed by atoms with Crippen molar-refractivity contribution in [3.8, 4) is 5.75 Å². The maximum Gasteiger partial charge on any atom is 0.157 e. The van der Waals surface area contributed by atoms with Crippen LogP contribution in [0.25, 0.3) is 0 Å². The minimum absolute atomic E-state index is 0.127. The molecule has 0 unspecified atom stereocenters. The van der Waals surface area contributed by atoms with Crippen molar-refractivity contribution < 1.29 is 9.53 Å². The second-order valence-electron chi connectivity index (χ2n) is 3.66. The molecule has 2 nitrogen and oxygen atoms in total. The van der Waals surface area contributed by atoms with Gasteiger partial charge in [-0.15, -0.1) is 0 Å². The number of aldehydes is 1. The minimum atomic E-state index is 0.127. The summed E-state index contributed by atoms with van der Waals surface area (Å²) >= 11 is 0. The van der Waals surface area contributed by atoms with Crippen LogP contribution >= 0.6 is 0 Å². The van der Waals surface area contributed by atoms with Gasteiger partial charge in [-0.05, 0) is 30.0 Å². The van der Waals surface area contributed by atoms with Crippen LogP contribution in [0.1, 0.15) is 30.9 Å². The van der Waals surface area contributed by atoms with Gasteiger partial charge in [-0.25, -0.2) is 0 Å². The maximum absolute atomic E-state index is 10.2. The molecule has 0 amide bonds. The van der Waals surface area contributed by atoms with Gasteiger partial charge in [0.1, 0.15) is 12.4 Å². The van der Waals surface area contributed by atoms with Crippen molar-refractivity contribution in [1.29, 1.82) is 0 Å². The van der Waals surface area contributed by atoms with E-state index in [1.165, 1.54) is 5.56 Å². The summed E-state index contributed by atoms with van der Waals surface area (Å²) in [6, 6.07) is 6.12. The molecular formula is C12H16O2. The first-order chi connectivity index (χ1) is 6.65. The van der Waals surface area contributed by atoms with Crippen molar-refractivity contribution in [2.45, 2.75) is 26.7 Å². The van der Waals surface area contributed by atoms with E-state index in [0.717, 1.165) is 17.6 Å². The summed E-state index contributed by atoms with van der Waals surface area (Å²) in [5, 5.41) is 0. The fourth-order valence-electron chi connectivity index (χ4n) is 1.26. The molecule has 0 atom stereocenters. The summed E-state index contributed by atoms with van der Waals surface area (Å²) in [5.74, 6) is 1.29. The molecule has 0 bridgehead atoms. The summed E-state index contributed by atoms with van der Waals surface area (Å²) < 4.78 is 5.31. The zero-order chi connectivity index (χ0) is 10.6. The SMILES string of the molecule is Cc1ccc(C(C)C)cc1OCC=O. The van der Waals surface area contributed by atoms with Crippen molar-refractivity contribution >= 4 is 6.29 Å². The van der Waals surface area contributed by atoms with E-state index in [4.69, 9.17) is 4.74 Å². The molecule has 0 fully saturated rings. The van der Waals surface area contributed by atoms with Crippen molar-refractivity contribution in [1.82, 2.24) is 0 Å². The third kappa shape index (κ3) is 2.59. The van der Waals surface area contributed by atoms with Crippen LogP contribution in [0.15, 0.2) is 18.2 Å². The second-order valence-corrected chi connectivity index (χ2v) is 3.66. The first kappa shape index (κ1) is 10.8. The van der Waals surface area contributed by atoms with Crippen LogP contribution in [0.5, 0.6) is 5.75 Å². The van der Waals surface area contributed by atoms with Crippen LogP contribution < -0.4 is 4.74 Å². The minimum Gasteiger partial charge on any atom is -0.486 e. The number of ether oxygens (including phenoxy) is 1. The molecule has 0 aliphatic carbocycles. The number of carbonyl (C=O) groups is 1. The number of rotatable bonds is 4. The monoisotopic (exact) mass is 192 g/mol. The molecule has 0 radical (unpaired) electrons. The Balaban J connectivity index is 2.90. The van der Waals surface area contributed by atoms with E-state index < -0.39 is 0 Å². The number of aryl methyl sites for hydroxylation is 1. The highest BCUT2D eigenvalue weighted by molar-refractivity contribution is 5.52. The van der Waals surface area contributed by atoms with Crippen LogP contribution in [0.3, 0.4) is 0 Å². The first-order valence-corrected chi connectivity index (χ1v) is 4.82. The van der Waals surface area contributed by atoms with Crippen LogP contribution in [0.2, 0.25) is 0 Å². The molecule has 14 heavy (non-hydrogen) atoms. The highest BCUT2D eigenvalue weighted by Crippen LogP contribution is 2.23. The van der Waals surface area contributed by atoms with E-state index in [9.17, 15) is 4.79 Å². The van der Waals surface area contributed by atoms with Gasteiger partial charge in [-0.2, -0.15) is 0 Å². The largest absolute Gasteiger partial charge is 0.486 e. The number of hydrogen-bond acceptors (Lipinski definition) is 2. The number of carbonyl (C=O) groups excluding carboxylic acids is 1. The molecule has 2 heteroatoms. The number of hydrogen-bond donors (Lipinski definition) is 0. The van der Waals surface area contributed by atoms with Gasteiger partial charge < -0.3 is 4.74 Å². The summed E-state index contributed by atoms with van der Waals surface area (Å²) in [6.45, 7) is 6.37. The summed E-state index contributed by atoms with van der Waals surface area (Å²) in [4.78, 5) is 10.2. The van der Waals surface area contributed by atoms with Crippen molar-refractivity contribution in [3.05, 3.63) is 29.3 Å². The van der Waals surface area contributed by atoms with Gasteiger partial charge in [0, 0.05) is 0 Å². The normalized spacial score (nSPS) is 10.3. The van der Waals surface area contributed by atoms with E-state index in [0.29, 0.717) is 5.92 Å². The Labute approximate surface area is 84.9 Å². The molecule has 0 heterocycles. The molecule has 0 aliphatic heterocycles. The fourth-order valence-corrected chi connectivity index (χ4v) is 1.26. The van der Waals surface area contributed by atoms with Gasteiger partial charge in [-0.1, -0.05) is 26.0 Å². The van der Waals surface area contributed by atoms with Crippen molar-refractivity contribution in [2.75, 3.05) is 6.61 Å². The quantitative estimate of drug-likeness (QED) is 0.685. The smallest absolute Gasteiger partial charge is 0.157 e. The second kappa shape index (κ2) is 4.80. The third-order valence-electron chi connectivity index (χ3n) is 2.19. The van der Waals surface area contributed by atoms with Gasteiger partial charge in [0.25, 0.3) is 0 Å². The molecule has 0 aromatic heterocycles. The molecule has 0 aliphatic rings. The molecule has 0 N–H and O–H groups in total. The van der Waals surface area contributed by atoms with Crippen molar-refractivity contribution in [2.24, 2.45) is 0 Å². The van der Waals surface area contributed by atoms with Gasteiger partial charge in [0.05, 0.1) is 0 Å². The average Bonchev–Trinajstić information content (AvgIpc) is 2.16. The number of benzene rings is 1. The maximum atomic E-state index is 10.2. The lowest BCUT2D eigenvalue weighted by molar-refractivity contribution is -0.109. The molecule has 1 aromatic carbocycles. The van der Waals surface area contributed by atoms with Crippen LogP contribution in [0.4, 0.5) is 0 Å². The van der Waals surface area contributed by atoms with E-state index >= 15 is 0 Å². The van der Waals surface area contributed by atoms with Gasteiger partial charge in [0.2, 0.25) is 0 Å². The van der Waals surface area contributed by atoms with Crippen LogP contribution in [-0.2, 0) is 4.79 Å². The van der Waals surface area contributed by atoms with Crippen molar-refractivity contribution in [3.63, 3.8) is 0 Å². The molecular weight excluding hydrogens is 176 g/mol. The predicted molar refractivity (Wildman–Crippen MR) is 56.8 cm³/mol. The Morgan fingerprint density at radius 3 is 2.71 bits per heavy atom. The standard InChI is InChI=1S/C12H16O2/c1-9(2)11-5-4-10(3)12(8-11)14-7-6-13/h4-6,8-9H,7H2,1-3H3. The van der Waals surface area contributed by atoms with Gasteiger partial charge in [0.15, 0.2) is 6.29 Å². The summed E-state index contributed by atoms with van der Waals surface area (Å²) in [6.07, 6.45) is 0.765. The molecule has 1 aromatic rings. The molecule has 76 valence electrons. The van der Waals surface area contributed by atoms with Crippen LogP contribution in [0, 0.1) is 6.92 Å². The first-order valence-electron chi connectivity index (χ1n) is 4.82. The van der Waals surface area contributed by atoms with Crippen LogP contribution in [-0.4, -0.2) is 12.9 Å². The highest BCUT2D eigenvalue weighted by Gasteiger charge is 2.04. The van der Waals surface area contributed by atoms with E-state index in [2.05, 4.69) is 19.9 Å². The lowest BCUT2D eigenvalue weighted by Crippen LogP contribution is -2.00. The predicted octanol–water partition coefficient (Wildman–Crippen LogP) is 2.70. The fraction of sp³-hybridized carbons (Fsp3) is 0.417. The van der Waals surface area contributed by atoms with E-state index in [1.54, 1.807) is 0 Å². The highest BCUT2D eigenvalue weighted by atomic mass is 16.5. The zero-order valence-electron chi connectivity index (χ0n) is 8.91. The van der Waals surface area contributed by atoms with E-state index in [1.807, 2.05) is 19.1 Å². The Kier molecular flexibility index (Phi) is 3.69. The summed E-state index contributed by atoms with van der Waals surface area (Å²) in [5.41, 5.74) is 2.30.